The van der Waals surface area contributed by atoms with Gasteiger partial charge in [0.15, 0.2) is 0 Å². The van der Waals surface area contributed by atoms with Crippen LogP contribution in [0.3, 0.4) is 0 Å². The lowest BCUT2D eigenvalue weighted by Crippen LogP contribution is -2.27. The molecule has 2 unspecified atom stereocenters. The Morgan fingerprint density at radius 2 is 1.17 bits per heavy atom. The number of nitrogens with one attached hydrogen (secondary N) is 3. The lowest BCUT2D eigenvalue weighted by atomic mass is 9.76. The van der Waals surface area contributed by atoms with E-state index in [1.807, 2.05) is 63.4 Å². The van der Waals surface area contributed by atoms with Crippen LogP contribution in [0.5, 0.6) is 0 Å². The van der Waals surface area contributed by atoms with Crippen LogP contribution in [0.4, 0.5) is 17.1 Å². The smallest absolute Gasteiger partial charge is 0.282 e. The molecule has 7 rings (SSSR count). The van der Waals surface area contributed by atoms with Gasteiger partial charge in [0, 0.05) is 39.1 Å². The van der Waals surface area contributed by atoms with Crippen molar-refractivity contribution in [2.24, 2.45) is 23.7 Å². The van der Waals surface area contributed by atoms with Crippen LogP contribution in [0, 0.1) is 29.1 Å². The van der Waals surface area contributed by atoms with Crippen molar-refractivity contribution in [1.29, 1.82) is 5.41 Å². The molecule has 0 amide bonds. The number of ketones is 1. The van der Waals surface area contributed by atoms with Gasteiger partial charge in [-0.05, 0) is 83.6 Å². The number of anilines is 3. The number of aryl methyl sites for hydroxylation is 2. The van der Waals surface area contributed by atoms with Crippen molar-refractivity contribution in [3.05, 3.63) is 148 Å². The van der Waals surface area contributed by atoms with E-state index >= 15 is 0 Å². The Morgan fingerprint density at radius 1 is 0.625 bits per heavy atom. The van der Waals surface area contributed by atoms with Crippen LogP contribution in [-0.2, 0) is 17.6 Å². The molecule has 328 valence electrons. The molecular weight excluding hydrogens is 782 g/mol. The highest BCUT2D eigenvalue weighted by atomic mass is 16.3. The van der Waals surface area contributed by atoms with Gasteiger partial charge in [0.1, 0.15) is 5.76 Å². The highest BCUT2D eigenvalue weighted by Crippen LogP contribution is 2.45. The van der Waals surface area contributed by atoms with Crippen LogP contribution < -0.4 is 27.1 Å². The summed E-state index contributed by atoms with van der Waals surface area (Å²) >= 11 is 0. The van der Waals surface area contributed by atoms with Crippen molar-refractivity contribution >= 4 is 76.7 Å². The van der Waals surface area contributed by atoms with Crippen molar-refractivity contribution in [2.45, 2.75) is 106 Å². The zero-order chi connectivity index (χ0) is 45.3. The van der Waals surface area contributed by atoms with Crippen LogP contribution >= 0.6 is 0 Å². The molecular formula is C56H66B2N4O2. The third kappa shape index (κ3) is 11.1. The Kier molecular flexibility index (Phi) is 15.4. The molecule has 2 aliphatic rings. The summed E-state index contributed by atoms with van der Waals surface area (Å²) in [6.07, 6.45) is 16.0. The molecule has 64 heavy (non-hydrogen) atoms. The first-order valence-corrected chi connectivity index (χ1v) is 23.7. The molecule has 6 nitrogen and oxygen atoms in total. The normalized spacial score (nSPS) is 15.7. The Hall–Kier alpha value is -5.75. The average molecular weight is 849 g/mol. The maximum atomic E-state index is 14.1. The minimum atomic E-state index is -0.333. The minimum Gasteiger partial charge on any atom is -0.506 e. The van der Waals surface area contributed by atoms with Crippen LogP contribution in [0.2, 0.25) is 0 Å². The fraction of sp³-hybridized carbons (Fsp3) is 0.357. The van der Waals surface area contributed by atoms with Gasteiger partial charge >= 0.3 is 0 Å². The number of aliphatic hydroxyl groups is 1. The summed E-state index contributed by atoms with van der Waals surface area (Å²) in [6.45, 7) is 13.9. The van der Waals surface area contributed by atoms with Gasteiger partial charge in [-0.2, -0.15) is 0 Å². The van der Waals surface area contributed by atoms with E-state index in [2.05, 4.69) is 101 Å². The summed E-state index contributed by atoms with van der Waals surface area (Å²) in [5, 5.41) is 29.6. The van der Waals surface area contributed by atoms with E-state index in [0.717, 1.165) is 75.1 Å². The second kappa shape index (κ2) is 21.3. The molecule has 8 heteroatoms. The molecule has 0 saturated heterocycles. The topological polar surface area (TPSA) is 111 Å². The van der Waals surface area contributed by atoms with Gasteiger partial charge in [0.2, 0.25) is 5.78 Å². The van der Waals surface area contributed by atoms with Gasteiger partial charge in [-0.3, -0.25) is 10.2 Å². The number of rotatable bonds is 21. The SMILES string of the molecule is CC(C)CCCC(C)CCc1ccc([B]Nc2cccc3c2C(=N)/C(=C2/C(=O)C(c4ccc5cccc(N[B]c6ccc(CCC(C)CCCC(C)C)cc6)c5c4N)=C2O)C=C3)cc1. The van der Waals surface area contributed by atoms with Crippen molar-refractivity contribution in [3.63, 3.8) is 0 Å². The maximum Gasteiger partial charge on any atom is 0.282 e. The number of allylic oxidation sites excluding steroid dienone is 4. The Balaban J connectivity index is 1.01. The van der Waals surface area contributed by atoms with E-state index in [9.17, 15) is 15.3 Å². The predicted molar refractivity (Wildman–Crippen MR) is 276 cm³/mol. The molecule has 0 spiro atoms. The zero-order valence-electron chi connectivity index (χ0n) is 38.9. The number of benzene rings is 5. The van der Waals surface area contributed by atoms with Gasteiger partial charge in [-0.25, -0.2) is 0 Å². The van der Waals surface area contributed by atoms with Gasteiger partial charge in [0.05, 0.1) is 16.9 Å². The first-order valence-electron chi connectivity index (χ1n) is 23.7. The number of nitrogen functional groups attached to an aromatic ring is 1. The quantitative estimate of drug-likeness (QED) is 0.0287. The van der Waals surface area contributed by atoms with E-state index in [0.29, 0.717) is 22.4 Å². The number of Topliss-reactive ketones (excluding diaryl/α,β-unsaturated/α-hetero) is 1. The Morgan fingerprint density at radius 3 is 1.73 bits per heavy atom. The number of carbonyl (C=O) groups is 1. The number of hydrogen-bond donors (Lipinski definition) is 5. The van der Waals surface area contributed by atoms with Gasteiger partial charge in [-0.1, -0.05) is 188 Å². The third-order valence-corrected chi connectivity index (χ3v) is 13.2. The molecule has 5 aromatic carbocycles. The summed E-state index contributed by atoms with van der Waals surface area (Å²) in [7, 11) is 3.93. The molecule has 2 aliphatic carbocycles. The number of fused-ring (bicyclic) bond motifs is 2. The monoisotopic (exact) mass is 849 g/mol. The number of aliphatic hydroxyl groups excluding tert-OH is 1. The second-order valence-corrected chi connectivity index (χ2v) is 19.2. The highest BCUT2D eigenvalue weighted by molar-refractivity contribution is 6.58. The first kappa shape index (κ1) is 46.2. The fourth-order valence-corrected chi connectivity index (χ4v) is 9.10. The van der Waals surface area contributed by atoms with Gasteiger partial charge < -0.3 is 21.3 Å². The van der Waals surface area contributed by atoms with Crippen LogP contribution in [0.15, 0.2) is 120 Å². The third-order valence-electron chi connectivity index (χ3n) is 13.2. The Labute approximate surface area is 384 Å². The second-order valence-electron chi connectivity index (χ2n) is 19.2. The maximum absolute atomic E-state index is 14.1. The van der Waals surface area contributed by atoms with Gasteiger partial charge in [0.25, 0.3) is 14.8 Å². The standard InChI is InChI=1S/C56H66B2N4O2/c1-35(2)11-7-13-37(5)19-21-39-23-29-43(30-24-39)57-61-47-17-9-15-41-27-33-45(53(59)49(41)47)51-55(63)52(56(51)64)46-34-28-42-16-10-18-48(50(42)54(46)60)62-58-44-31-25-40(26-32-44)22-20-38(6)14-8-12-36(3)4/h9-10,15-18,23-38,59,61-63H,7-8,11-14,19-22,60H2,1-6H3/b51-45+,59-53?. The molecule has 2 radical (unpaired) electrons. The molecule has 0 aromatic heterocycles. The summed E-state index contributed by atoms with van der Waals surface area (Å²) in [5.41, 5.74) is 16.5. The first-order chi connectivity index (χ1) is 30.9. The van der Waals surface area contributed by atoms with E-state index in [1.54, 1.807) is 12.1 Å². The minimum absolute atomic E-state index is 0.133. The average Bonchev–Trinajstić information content (AvgIpc) is 3.28. The van der Waals surface area contributed by atoms with E-state index in [1.165, 1.54) is 62.5 Å². The summed E-state index contributed by atoms with van der Waals surface area (Å²) in [6, 6.07) is 32.9. The van der Waals surface area contributed by atoms with E-state index in [-0.39, 0.29) is 28.4 Å². The number of carbonyl (C=O) groups excluding carboxylic acids is 1. The number of nitrogens with two attached hydrogens (primary N) is 1. The molecule has 0 fully saturated rings. The largest absolute Gasteiger partial charge is 0.506 e. The molecule has 0 aliphatic heterocycles. The molecule has 6 N–H and O–H groups in total. The lowest BCUT2D eigenvalue weighted by Gasteiger charge is -2.27. The van der Waals surface area contributed by atoms with E-state index in [4.69, 9.17) is 5.73 Å². The van der Waals surface area contributed by atoms with Crippen molar-refractivity contribution in [1.82, 2.24) is 0 Å². The van der Waals surface area contributed by atoms with Crippen LogP contribution in [0.1, 0.15) is 121 Å². The molecule has 0 bridgehead atoms. The van der Waals surface area contributed by atoms with E-state index < -0.39 is 0 Å². The van der Waals surface area contributed by atoms with Crippen LogP contribution in [0.25, 0.3) is 22.4 Å². The fourth-order valence-electron chi connectivity index (χ4n) is 9.10. The van der Waals surface area contributed by atoms with Crippen LogP contribution in [-0.4, -0.2) is 31.4 Å². The molecule has 5 aromatic rings. The van der Waals surface area contributed by atoms with Crippen molar-refractivity contribution in [2.75, 3.05) is 16.2 Å². The molecule has 2 atom stereocenters. The summed E-state index contributed by atoms with van der Waals surface area (Å²) < 4.78 is 0. The Bertz CT molecular complexity index is 2550. The summed E-state index contributed by atoms with van der Waals surface area (Å²) in [5.74, 6) is 2.51. The summed E-state index contributed by atoms with van der Waals surface area (Å²) in [4.78, 5) is 14.1. The zero-order valence-corrected chi connectivity index (χ0v) is 38.9. The molecule has 0 saturated carbocycles. The van der Waals surface area contributed by atoms with Gasteiger partial charge in [-0.15, -0.1) is 0 Å². The highest BCUT2D eigenvalue weighted by Gasteiger charge is 2.39. The lowest BCUT2D eigenvalue weighted by molar-refractivity contribution is -0.111. The molecule has 0 heterocycles. The number of hydrogen-bond acceptors (Lipinski definition) is 6. The van der Waals surface area contributed by atoms with Crippen molar-refractivity contribution in [3.8, 4) is 0 Å². The predicted octanol–water partition coefficient (Wildman–Crippen LogP) is 12.2. The van der Waals surface area contributed by atoms with Crippen molar-refractivity contribution < 1.29 is 9.90 Å².